The van der Waals surface area contributed by atoms with Crippen LogP contribution in [0.1, 0.15) is 26.2 Å². The molecular weight excluding hydrogens is 178 g/mol. The van der Waals surface area contributed by atoms with Crippen molar-refractivity contribution in [1.82, 2.24) is 4.90 Å². The summed E-state index contributed by atoms with van der Waals surface area (Å²) in [4.78, 5) is 21.2. The number of halogens is 1. The normalized spacial score (nSPS) is 16.0. The molecule has 1 aliphatic heterocycles. The molecule has 4 heteroatoms. The molecule has 1 amide bonds. The van der Waals surface area contributed by atoms with Gasteiger partial charge in [-0.05, 0) is 30.9 Å². The van der Waals surface area contributed by atoms with Gasteiger partial charge in [-0.3, -0.25) is 9.59 Å². The molecule has 1 aliphatic rings. The minimum atomic E-state index is 0.222. The third-order valence-electron chi connectivity index (χ3n) is 1.80. The molecule has 0 aliphatic carbocycles. The van der Waals surface area contributed by atoms with Crippen LogP contribution in [0.2, 0.25) is 0 Å². The van der Waals surface area contributed by atoms with Gasteiger partial charge in [0.05, 0.1) is 0 Å². The molecule has 0 saturated carbocycles. The lowest BCUT2D eigenvalue weighted by molar-refractivity contribution is -0.129. The monoisotopic (exact) mass is 191 g/mol. The molecule has 0 aromatic carbocycles. The number of hydrogen-bond acceptors (Lipinski definition) is 2. The van der Waals surface area contributed by atoms with Crippen LogP contribution in [-0.4, -0.2) is 29.6 Å². The first kappa shape index (κ1) is 11.4. The van der Waals surface area contributed by atoms with Gasteiger partial charge in [-0.1, -0.05) is 0 Å². The van der Waals surface area contributed by atoms with E-state index in [2.05, 4.69) is 11.6 Å². The summed E-state index contributed by atoms with van der Waals surface area (Å²) >= 11 is 4.32. The van der Waals surface area contributed by atoms with Gasteiger partial charge in [-0.2, -0.15) is 0 Å². The highest BCUT2D eigenvalue weighted by Gasteiger charge is 2.10. The zero-order valence-electron chi connectivity index (χ0n) is 7.25. The highest BCUT2D eigenvalue weighted by atomic mass is 35.5. The Morgan fingerprint density at radius 2 is 1.75 bits per heavy atom. The van der Waals surface area contributed by atoms with E-state index in [-0.39, 0.29) is 11.7 Å². The maximum Gasteiger partial charge on any atom is 0.219 e. The van der Waals surface area contributed by atoms with E-state index >= 15 is 0 Å². The lowest BCUT2D eigenvalue weighted by Crippen LogP contribution is -2.33. The maximum absolute atomic E-state index is 10.7. The minimum absolute atomic E-state index is 0.222. The first-order chi connectivity index (χ1) is 5.72. The van der Waals surface area contributed by atoms with E-state index in [1.54, 1.807) is 6.92 Å². The summed E-state index contributed by atoms with van der Waals surface area (Å²) in [5.74, 6) is 0.453. The Morgan fingerprint density at radius 1 is 1.33 bits per heavy atom. The van der Waals surface area contributed by atoms with E-state index in [0.717, 1.165) is 13.1 Å². The van der Waals surface area contributed by atoms with Crippen LogP contribution in [0.5, 0.6) is 0 Å². The summed E-state index contributed by atoms with van der Waals surface area (Å²) < 4.78 is 0. The molecule has 1 fully saturated rings. The predicted octanol–water partition coefficient (Wildman–Crippen LogP) is 1.43. The molecule has 0 spiro atoms. The van der Waals surface area contributed by atoms with Crippen molar-refractivity contribution in [2.75, 3.05) is 13.1 Å². The topological polar surface area (TPSA) is 37.4 Å². The quantitative estimate of drug-likeness (QED) is 0.429. The van der Waals surface area contributed by atoms with E-state index in [1.165, 1.54) is 19.3 Å². The number of likely N-dealkylation sites (tertiary alicyclic amines) is 1. The highest BCUT2D eigenvalue weighted by molar-refractivity contribution is 6.54. The van der Waals surface area contributed by atoms with Crippen molar-refractivity contribution >= 4 is 23.3 Å². The van der Waals surface area contributed by atoms with Crippen molar-refractivity contribution < 1.29 is 9.59 Å². The number of rotatable bonds is 0. The first-order valence-corrected chi connectivity index (χ1v) is 4.45. The van der Waals surface area contributed by atoms with Crippen molar-refractivity contribution in [3.63, 3.8) is 0 Å². The fourth-order valence-corrected chi connectivity index (χ4v) is 1.21. The molecule has 0 atom stereocenters. The molecule has 0 unspecified atom stereocenters. The average Bonchev–Trinajstić information content (AvgIpc) is 2.07. The van der Waals surface area contributed by atoms with Crippen LogP contribution >= 0.6 is 11.6 Å². The second kappa shape index (κ2) is 7.10. The highest BCUT2D eigenvalue weighted by Crippen LogP contribution is 2.07. The van der Waals surface area contributed by atoms with E-state index in [4.69, 9.17) is 4.79 Å². The van der Waals surface area contributed by atoms with Crippen molar-refractivity contribution in [2.45, 2.75) is 26.2 Å². The summed E-state index contributed by atoms with van der Waals surface area (Å²) in [6, 6.07) is 0. The predicted molar refractivity (Wildman–Crippen MR) is 48.7 cm³/mol. The molecule has 1 saturated heterocycles. The maximum atomic E-state index is 10.7. The number of amides is 1. The van der Waals surface area contributed by atoms with Gasteiger partial charge in [-0.15, -0.1) is 0 Å². The third kappa shape index (κ3) is 5.13. The summed E-state index contributed by atoms with van der Waals surface area (Å²) in [7, 11) is 0. The lowest BCUT2D eigenvalue weighted by atomic mass is 10.1. The van der Waals surface area contributed by atoms with Crippen LogP contribution in [0.4, 0.5) is 0 Å². The minimum Gasteiger partial charge on any atom is -0.343 e. The van der Waals surface area contributed by atoms with Gasteiger partial charge in [0.1, 0.15) is 0 Å². The molecule has 3 nitrogen and oxygen atoms in total. The van der Waals surface area contributed by atoms with E-state index in [0.29, 0.717) is 0 Å². The van der Waals surface area contributed by atoms with Gasteiger partial charge in [0.15, 0.2) is 0 Å². The fraction of sp³-hybridized carbons (Fsp3) is 0.750. The number of hydrogen-bond donors (Lipinski definition) is 0. The molecule has 0 bridgehead atoms. The van der Waals surface area contributed by atoms with Gasteiger partial charge < -0.3 is 4.90 Å². The standard InChI is InChI=1S/C7H13NO.CHClO/c1-7(9)8-5-3-2-4-6-8;2-1-3/h2-6H2,1H3;1H. The second-order valence-corrected chi connectivity index (χ2v) is 2.83. The molecule has 1 heterocycles. The van der Waals surface area contributed by atoms with Crippen molar-refractivity contribution in [3.05, 3.63) is 0 Å². The van der Waals surface area contributed by atoms with Crippen LogP contribution in [-0.2, 0) is 9.59 Å². The first-order valence-electron chi connectivity index (χ1n) is 4.01. The molecule has 0 radical (unpaired) electrons. The Hall–Kier alpha value is -0.570. The van der Waals surface area contributed by atoms with Crippen molar-refractivity contribution in [3.8, 4) is 0 Å². The van der Waals surface area contributed by atoms with E-state index in [9.17, 15) is 4.79 Å². The number of carbonyl (C=O) groups excluding carboxylic acids is 2. The molecule has 0 aromatic heterocycles. The van der Waals surface area contributed by atoms with Gasteiger partial charge in [0.2, 0.25) is 11.7 Å². The summed E-state index contributed by atoms with van der Waals surface area (Å²) in [5, 5.41) is 0. The lowest BCUT2D eigenvalue weighted by Gasteiger charge is -2.24. The van der Waals surface area contributed by atoms with Gasteiger partial charge in [0.25, 0.3) is 0 Å². The summed E-state index contributed by atoms with van der Waals surface area (Å²) in [6.45, 7) is 3.61. The van der Waals surface area contributed by atoms with Crippen LogP contribution in [0, 0.1) is 0 Å². The third-order valence-corrected chi connectivity index (χ3v) is 1.80. The average molecular weight is 192 g/mol. The van der Waals surface area contributed by atoms with Crippen LogP contribution < -0.4 is 0 Å². The zero-order chi connectivity index (χ0) is 9.40. The van der Waals surface area contributed by atoms with Crippen LogP contribution in [0.3, 0.4) is 0 Å². The fourth-order valence-electron chi connectivity index (χ4n) is 1.21. The number of carbonyl (C=O) groups is 2. The molecule has 1 rings (SSSR count). The molecule has 12 heavy (non-hydrogen) atoms. The zero-order valence-corrected chi connectivity index (χ0v) is 8.01. The second-order valence-electron chi connectivity index (χ2n) is 2.66. The van der Waals surface area contributed by atoms with E-state index in [1.807, 2.05) is 4.90 Å². The molecule has 0 aromatic rings. The van der Waals surface area contributed by atoms with Gasteiger partial charge in [0, 0.05) is 20.0 Å². The van der Waals surface area contributed by atoms with E-state index < -0.39 is 0 Å². The van der Waals surface area contributed by atoms with Crippen LogP contribution in [0.25, 0.3) is 0 Å². The SMILES string of the molecule is CC(=O)N1CCCCC1.O=CCl. The largest absolute Gasteiger partial charge is 0.343 e. The summed E-state index contributed by atoms with van der Waals surface area (Å²) in [5.41, 5.74) is 0. The van der Waals surface area contributed by atoms with Crippen molar-refractivity contribution in [1.29, 1.82) is 0 Å². The Kier molecular flexibility index (Phi) is 6.76. The van der Waals surface area contributed by atoms with Gasteiger partial charge >= 0.3 is 0 Å². The molecular formula is C8H14ClNO2. The Bertz CT molecular complexity index is 144. The Balaban J connectivity index is 0.000000354. The molecule has 0 N–H and O–H groups in total. The van der Waals surface area contributed by atoms with Gasteiger partial charge in [-0.25, -0.2) is 0 Å². The smallest absolute Gasteiger partial charge is 0.219 e. The number of nitrogens with zero attached hydrogens (tertiary/aromatic N) is 1. The van der Waals surface area contributed by atoms with Crippen molar-refractivity contribution in [2.24, 2.45) is 0 Å². The Morgan fingerprint density at radius 3 is 2.00 bits per heavy atom. The number of piperidine rings is 1. The Labute approximate surface area is 77.7 Å². The van der Waals surface area contributed by atoms with Crippen LogP contribution in [0.15, 0.2) is 0 Å². The summed E-state index contributed by atoms with van der Waals surface area (Å²) in [6.07, 6.45) is 3.68. The molecule has 70 valence electrons.